The van der Waals surface area contributed by atoms with Crippen molar-refractivity contribution in [1.82, 2.24) is 10.2 Å². The number of nitro benzene ring substituents is 1. The maximum atomic E-state index is 12.3. The quantitative estimate of drug-likeness (QED) is 0.657. The molecule has 7 heteroatoms. The first kappa shape index (κ1) is 14.3. The van der Waals surface area contributed by atoms with E-state index in [1.165, 1.54) is 19.2 Å². The first-order valence-corrected chi connectivity index (χ1v) is 6.35. The van der Waals surface area contributed by atoms with E-state index in [4.69, 9.17) is 4.74 Å². The van der Waals surface area contributed by atoms with Gasteiger partial charge in [0, 0.05) is 31.3 Å². The van der Waals surface area contributed by atoms with Crippen LogP contribution in [0.2, 0.25) is 0 Å². The number of amides is 1. The van der Waals surface area contributed by atoms with Crippen molar-refractivity contribution in [2.45, 2.75) is 12.5 Å². The molecule has 0 aromatic heterocycles. The Hall–Kier alpha value is -2.15. The van der Waals surface area contributed by atoms with Crippen LogP contribution in [0.5, 0.6) is 5.75 Å². The molecule has 7 nitrogen and oxygen atoms in total. The minimum absolute atomic E-state index is 0.128. The highest BCUT2D eigenvalue weighted by Crippen LogP contribution is 2.28. The summed E-state index contributed by atoms with van der Waals surface area (Å²) < 4.78 is 4.93. The fourth-order valence-corrected chi connectivity index (χ4v) is 2.31. The van der Waals surface area contributed by atoms with E-state index in [0.29, 0.717) is 5.56 Å². The molecular weight excluding hydrogens is 262 g/mol. The Morgan fingerprint density at radius 3 is 2.85 bits per heavy atom. The number of likely N-dealkylation sites (N-methyl/N-ethyl adjacent to an activating group) is 1. The van der Waals surface area contributed by atoms with E-state index in [-0.39, 0.29) is 23.4 Å². The van der Waals surface area contributed by atoms with Crippen LogP contribution in [0.25, 0.3) is 0 Å². The van der Waals surface area contributed by atoms with Crippen LogP contribution in [0.15, 0.2) is 18.2 Å². The number of rotatable bonds is 4. The van der Waals surface area contributed by atoms with Gasteiger partial charge in [-0.15, -0.1) is 0 Å². The lowest BCUT2D eigenvalue weighted by Crippen LogP contribution is -2.38. The summed E-state index contributed by atoms with van der Waals surface area (Å²) in [4.78, 5) is 24.4. The second-order valence-electron chi connectivity index (χ2n) is 4.71. The van der Waals surface area contributed by atoms with Gasteiger partial charge in [0.05, 0.1) is 12.0 Å². The van der Waals surface area contributed by atoms with Gasteiger partial charge in [0.2, 0.25) is 0 Å². The zero-order valence-electron chi connectivity index (χ0n) is 11.5. The Morgan fingerprint density at radius 2 is 2.30 bits per heavy atom. The molecule has 0 saturated carbocycles. The van der Waals surface area contributed by atoms with Crippen molar-refractivity contribution in [3.05, 3.63) is 33.9 Å². The molecule has 20 heavy (non-hydrogen) atoms. The van der Waals surface area contributed by atoms with Gasteiger partial charge in [0.25, 0.3) is 5.91 Å². The number of benzene rings is 1. The van der Waals surface area contributed by atoms with Gasteiger partial charge in [-0.25, -0.2) is 0 Å². The van der Waals surface area contributed by atoms with Gasteiger partial charge in [-0.2, -0.15) is 0 Å². The third-order valence-electron chi connectivity index (χ3n) is 3.52. The monoisotopic (exact) mass is 279 g/mol. The van der Waals surface area contributed by atoms with Gasteiger partial charge < -0.3 is 15.0 Å². The second-order valence-corrected chi connectivity index (χ2v) is 4.71. The molecule has 1 aliphatic heterocycles. The van der Waals surface area contributed by atoms with Crippen LogP contribution in [-0.2, 0) is 0 Å². The van der Waals surface area contributed by atoms with Crippen LogP contribution in [0, 0.1) is 10.1 Å². The van der Waals surface area contributed by atoms with Crippen molar-refractivity contribution in [2.75, 3.05) is 27.2 Å². The number of nitro groups is 1. The first-order valence-electron chi connectivity index (χ1n) is 6.35. The molecule has 2 rings (SSSR count). The van der Waals surface area contributed by atoms with Gasteiger partial charge >= 0.3 is 5.69 Å². The van der Waals surface area contributed by atoms with Crippen LogP contribution < -0.4 is 10.1 Å². The summed E-state index contributed by atoms with van der Waals surface area (Å²) in [5.74, 6) is -0.0683. The number of nitrogens with zero attached hydrogens (tertiary/aromatic N) is 2. The summed E-state index contributed by atoms with van der Waals surface area (Å²) in [7, 11) is 3.08. The zero-order valence-corrected chi connectivity index (χ0v) is 11.5. The van der Waals surface area contributed by atoms with Gasteiger partial charge in [0.1, 0.15) is 0 Å². The van der Waals surface area contributed by atoms with E-state index in [1.807, 2.05) is 0 Å². The molecule has 1 N–H and O–H groups in total. The maximum absolute atomic E-state index is 12.3. The van der Waals surface area contributed by atoms with E-state index in [9.17, 15) is 14.9 Å². The Balaban J connectivity index is 2.25. The number of nitrogens with one attached hydrogen (secondary N) is 1. The predicted molar refractivity (Wildman–Crippen MR) is 73.0 cm³/mol. The van der Waals surface area contributed by atoms with Crippen LogP contribution >= 0.6 is 0 Å². The molecule has 1 aromatic rings. The predicted octanol–water partition coefficient (Wildman–Crippen LogP) is 1.04. The van der Waals surface area contributed by atoms with Crippen molar-refractivity contribution < 1.29 is 14.5 Å². The fourth-order valence-electron chi connectivity index (χ4n) is 2.31. The first-order chi connectivity index (χ1) is 9.54. The Bertz CT molecular complexity index is 526. The summed E-state index contributed by atoms with van der Waals surface area (Å²) in [5.41, 5.74) is 0.100. The van der Waals surface area contributed by atoms with Crippen molar-refractivity contribution in [2.24, 2.45) is 0 Å². The standard InChI is InChI=1S/C13H17N3O4/c1-15(10-5-6-14-8-10)13(17)9-3-4-12(20-2)11(7-9)16(18)19/h3-4,7,10,14H,5-6,8H2,1-2H3. The molecule has 0 bridgehead atoms. The lowest BCUT2D eigenvalue weighted by atomic mass is 10.1. The van der Waals surface area contributed by atoms with Crippen LogP contribution in [-0.4, -0.2) is 49.0 Å². The molecular formula is C13H17N3O4. The largest absolute Gasteiger partial charge is 0.490 e. The topological polar surface area (TPSA) is 84.7 Å². The second kappa shape index (κ2) is 5.87. The summed E-state index contributed by atoms with van der Waals surface area (Å²) in [6.45, 7) is 1.63. The molecule has 1 heterocycles. The van der Waals surface area contributed by atoms with E-state index >= 15 is 0 Å². The van der Waals surface area contributed by atoms with E-state index in [2.05, 4.69) is 5.32 Å². The number of carbonyl (C=O) groups is 1. The summed E-state index contributed by atoms with van der Waals surface area (Å²) in [6.07, 6.45) is 0.889. The highest BCUT2D eigenvalue weighted by Gasteiger charge is 2.26. The van der Waals surface area contributed by atoms with E-state index in [0.717, 1.165) is 19.5 Å². The molecule has 1 fully saturated rings. The number of carbonyl (C=O) groups excluding carboxylic acids is 1. The minimum Gasteiger partial charge on any atom is -0.490 e. The number of ether oxygens (including phenoxy) is 1. The van der Waals surface area contributed by atoms with Crippen LogP contribution in [0.1, 0.15) is 16.8 Å². The molecule has 1 atom stereocenters. The Kier molecular flexibility index (Phi) is 4.19. The molecule has 1 amide bonds. The Morgan fingerprint density at radius 1 is 1.55 bits per heavy atom. The molecule has 0 aliphatic carbocycles. The van der Waals surface area contributed by atoms with Crippen molar-refractivity contribution >= 4 is 11.6 Å². The summed E-state index contributed by atoms with van der Waals surface area (Å²) >= 11 is 0. The molecule has 1 unspecified atom stereocenters. The molecule has 0 radical (unpaired) electrons. The zero-order chi connectivity index (χ0) is 14.7. The normalized spacial score (nSPS) is 17.8. The highest BCUT2D eigenvalue weighted by atomic mass is 16.6. The molecule has 0 spiro atoms. The van der Waals surface area contributed by atoms with Crippen LogP contribution in [0.4, 0.5) is 5.69 Å². The summed E-state index contributed by atoms with van der Waals surface area (Å²) in [5, 5.41) is 14.2. The third kappa shape index (κ3) is 2.72. The fraction of sp³-hybridized carbons (Fsp3) is 0.462. The van der Waals surface area contributed by atoms with Crippen molar-refractivity contribution in [3.63, 3.8) is 0 Å². The van der Waals surface area contributed by atoms with Gasteiger partial charge in [-0.3, -0.25) is 14.9 Å². The average Bonchev–Trinajstić information content (AvgIpc) is 2.99. The lowest BCUT2D eigenvalue weighted by Gasteiger charge is -2.23. The van der Waals surface area contributed by atoms with Gasteiger partial charge in [0.15, 0.2) is 5.75 Å². The SMILES string of the molecule is COc1ccc(C(=O)N(C)C2CCNC2)cc1[N+](=O)[O-]. The molecule has 1 saturated heterocycles. The number of hydrogen-bond donors (Lipinski definition) is 1. The third-order valence-corrected chi connectivity index (χ3v) is 3.52. The van der Waals surface area contributed by atoms with Crippen molar-refractivity contribution in [3.8, 4) is 5.75 Å². The Labute approximate surface area is 116 Å². The molecule has 108 valence electrons. The average molecular weight is 279 g/mol. The highest BCUT2D eigenvalue weighted by molar-refractivity contribution is 5.95. The van der Waals surface area contributed by atoms with Gasteiger partial charge in [-0.1, -0.05) is 0 Å². The number of hydrogen-bond acceptors (Lipinski definition) is 5. The van der Waals surface area contributed by atoms with Gasteiger partial charge in [-0.05, 0) is 25.1 Å². The van der Waals surface area contributed by atoms with E-state index in [1.54, 1.807) is 18.0 Å². The minimum atomic E-state index is -0.549. The van der Waals surface area contributed by atoms with Crippen LogP contribution in [0.3, 0.4) is 0 Å². The maximum Gasteiger partial charge on any atom is 0.311 e. The molecule has 1 aromatic carbocycles. The molecule has 1 aliphatic rings. The van der Waals surface area contributed by atoms with E-state index < -0.39 is 4.92 Å². The summed E-state index contributed by atoms with van der Waals surface area (Å²) in [6, 6.07) is 4.39. The van der Waals surface area contributed by atoms with Crippen molar-refractivity contribution in [1.29, 1.82) is 0 Å². The number of methoxy groups -OCH3 is 1. The lowest BCUT2D eigenvalue weighted by molar-refractivity contribution is -0.385. The smallest absolute Gasteiger partial charge is 0.311 e.